The van der Waals surface area contributed by atoms with E-state index in [1.54, 1.807) is 0 Å². The predicted octanol–water partition coefficient (Wildman–Crippen LogP) is -0.875. The highest BCUT2D eigenvalue weighted by atomic mass is 16.4. The quantitative estimate of drug-likeness (QED) is 0.460. The maximum atomic E-state index is 9.96. The van der Waals surface area contributed by atoms with Crippen molar-refractivity contribution in [2.75, 3.05) is 0 Å². The number of rotatable bonds is 2. The number of aliphatic carboxylic acids is 2. The lowest BCUT2D eigenvalue weighted by Gasteiger charge is -1.95. The van der Waals surface area contributed by atoms with Crippen LogP contribution in [0.5, 0.6) is 0 Å². The Morgan fingerprint density at radius 2 is 1.07 bits per heavy atom. The van der Waals surface area contributed by atoms with Gasteiger partial charge in [-0.05, 0) is 25.7 Å². The predicted molar refractivity (Wildman–Crippen MR) is 47.6 cm³/mol. The standard InChI is InChI=1S/2C4H7NO2/c2*5-4(1-2-4)3(6)7/h2*1-2,5H2,(H,6,7). The Bertz CT molecular complexity index is 241. The molecule has 0 atom stereocenters. The molecule has 0 aliphatic heterocycles. The normalized spacial score (nSPS) is 24.1. The molecule has 0 amide bonds. The molecule has 0 aromatic heterocycles. The molecule has 0 saturated heterocycles. The summed E-state index contributed by atoms with van der Waals surface area (Å²) in [4.78, 5) is 19.9. The number of carboxylic acid groups (broad SMARTS) is 2. The zero-order valence-electron chi connectivity index (χ0n) is 7.69. The number of carboxylic acids is 2. The van der Waals surface area contributed by atoms with Crippen molar-refractivity contribution in [1.29, 1.82) is 0 Å². The second-order valence-electron chi connectivity index (χ2n) is 3.92. The Morgan fingerprint density at radius 1 is 0.857 bits per heavy atom. The van der Waals surface area contributed by atoms with Crippen LogP contribution in [-0.4, -0.2) is 33.2 Å². The summed E-state index contributed by atoms with van der Waals surface area (Å²) < 4.78 is 0. The van der Waals surface area contributed by atoms with Crippen LogP contribution in [0.1, 0.15) is 25.7 Å². The summed E-state index contributed by atoms with van der Waals surface area (Å²) in [6.07, 6.45) is 2.56. The summed E-state index contributed by atoms with van der Waals surface area (Å²) in [7, 11) is 0. The van der Waals surface area contributed by atoms with Gasteiger partial charge in [-0.1, -0.05) is 0 Å². The first-order chi connectivity index (χ1) is 6.30. The summed E-state index contributed by atoms with van der Waals surface area (Å²) in [5.41, 5.74) is 8.71. The average Bonchev–Trinajstić information content (AvgIpc) is 2.93. The maximum absolute atomic E-state index is 9.96. The lowest BCUT2D eigenvalue weighted by Crippen LogP contribution is -2.31. The van der Waals surface area contributed by atoms with Crippen LogP contribution in [-0.2, 0) is 9.59 Å². The van der Waals surface area contributed by atoms with Gasteiger partial charge in [0.2, 0.25) is 0 Å². The van der Waals surface area contributed by atoms with Crippen LogP contribution in [0, 0.1) is 0 Å². The van der Waals surface area contributed by atoms with Crippen LogP contribution in [0.15, 0.2) is 0 Å². The van der Waals surface area contributed by atoms with Crippen LogP contribution in [0.2, 0.25) is 0 Å². The first-order valence-electron chi connectivity index (χ1n) is 4.35. The van der Waals surface area contributed by atoms with E-state index in [4.69, 9.17) is 21.7 Å². The third-order valence-electron chi connectivity index (χ3n) is 2.43. The van der Waals surface area contributed by atoms with Gasteiger partial charge in [-0.25, -0.2) is 0 Å². The minimum Gasteiger partial charge on any atom is -0.480 e. The molecule has 0 radical (unpaired) electrons. The molecule has 0 spiro atoms. The van der Waals surface area contributed by atoms with Gasteiger partial charge in [0.15, 0.2) is 0 Å². The minimum absolute atomic E-state index is 0.641. The topological polar surface area (TPSA) is 127 Å². The molecule has 0 bridgehead atoms. The molecule has 2 fully saturated rings. The third kappa shape index (κ3) is 2.43. The van der Waals surface area contributed by atoms with E-state index in [1.165, 1.54) is 0 Å². The van der Waals surface area contributed by atoms with Crippen molar-refractivity contribution in [3.05, 3.63) is 0 Å². The molecular weight excluding hydrogens is 188 g/mol. The van der Waals surface area contributed by atoms with Gasteiger partial charge in [0.1, 0.15) is 11.1 Å². The fourth-order valence-electron chi connectivity index (χ4n) is 0.697. The number of carbonyl (C=O) groups is 2. The summed E-state index contributed by atoms with van der Waals surface area (Å²) in [6, 6.07) is 0. The van der Waals surface area contributed by atoms with Crippen molar-refractivity contribution in [3.8, 4) is 0 Å². The van der Waals surface area contributed by atoms with Gasteiger partial charge in [-0.15, -0.1) is 0 Å². The smallest absolute Gasteiger partial charge is 0.323 e. The van der Waals surface area contributed by atoms with Crippen LogP contribution in [0.3, 0.4) is 0 Å². The van der Waals surface area contributed by atoms with Crippen LogP contribution < -0.4 is 11.5 Å². The van der Waals surface area contributed by atoms with E-state index in [2.05, 4.69) is 0 Å². The van der Waals surface area contributed by atoms with Crippen molar-refractivity contribution in [3.63, 3.8) is 0 Å². The minimum atomic E-state index is -0.868. The first kappa shape index (κ1) is 10.9. The second kappa shape index (κ2) is 3.21. The molecule has 6 nitrogen and oxygen atoms in total. The molecular formula is C8H14N2O4. The summed E-state index contributed by atoms with van der Waals surface area (Å²) in [6.45, 7) is 0. The van der Waals surface area contributed by atoms with Gasteiger partial charge < -0.3 is 21.7 Å². The van der Waals surface area contributed by atoms with Crippen LogP contribution in [0.25, 0.3) is 0 Å². The lowest BCUT2D eigenvalue weighted by atomic mass is 10.3. The molecule has 6 heteroatoms. The molecule has 0 unspecified atom stereocenters. The summed E-state index contributed by atoms with van der Waals surface area (Å²) in [5.74, 6) is -1.74. The summed E-state index contributed by atoms with van der Waals surface area (Å²) >= 11 is 0. The Labute approximate surface area is 80.9 Å². The number of hydrogen-bond donors (Lipinski definition) is 4. The summed E-state index contributed by atoms with van der Waals surface area (Å²) in [5, 5.41) is 16.4. The van der Waals surface area contributed by atoms with Gasteiger partial charge in [0, 0.05) is 0 Å². The Hall–Kier alpha value is -1.14. The van der Waals surface area contributed by atoms with E-state index in [1.807, 2.05) is 0 Å². The first-order valence-corrected chi connectivity index (χ1v) is 4.35. The van der Waals surface area contributed by atoms with Crippen molar-refractivity contribution in [2.24, 2.45) is 11.5 Å². The molecule has 6 N–H and O–H groups in total. The highest BCUT2D eigenvalue weighted by Gasteiger charge is 2.46. The second-order valence-corrected chi connectivity index (χ2v) is 3.92. The number of hydrogen-bond acceptors (Lipinski definition) is 4. The highest BCUT2D eigenvalue weighted by Crippen LogP contribution is 2.32. The SMILES string of the molecule is NC1(C(=O)O)CC1.NC1(C(=O)O)CC1. The van der Waals surface area contributed by atoms with Gasteiger partial charge in [-0.3, -0.25) is 9.59 Å². The molecule has 0 aromatic carbocycles. The van der Waals surface area contributed by atoms with E-state index < -0.39 is 23.0 Å². The van der Waals surface area contributed by atoms with Gasteiger partial charge in [0.05, 0.1) is 0 Å². The van der Waals surface area contributed by atoms with E-state index in [9.17, 15) is 9.59 Å². The van der Waals surface area contributed by atoms with Crippen molar-refractivity contribution >= 4 is 11.9 Å². The molecule has 80 valence electrons. The fraction of sp³-hybridized carbons (Fsp3) is 0.750. The van der Waals surface area contributed by atoms with Crippen molar-refractivity contribution in [1.82, 2.24) is 0 Å². The number of nitrogens with two attached hydrogens (primary N) is 2. The van der Waals surface area contributed by atoms with E-state index in [-0.39, 0.29) is 0 Å². The Balaban J connectivity index is 0.000000140. The monoisotopic (exact) mass is 202 g/mol. The van der Waals surface area contributed by atoms with E-state index >= 15 is 0 Å². The molecule has 0 heterocycles. The van der Waals surface area contributed by atoms with E-state index in [0.717, 1.165) is 0 Å². The van der Waals surface area contributed by atoms with Crippen molar-refractivity contribution < 1.29 is 19.8 Å². The molecule has 2 rings (SSSR count). The average molecular weight is 202 g/mol. The van der Waals surface area contributed by atoms with Gasteiger partial charge >= 0.3 is 11.9 Å². The third-order valence-corrected chi connectivity index (χ3v) is 2.43. The lowest BCUT2D eigenvalue weighted by molar-refractivity contribution is -0.140. The Morgan fingerprint density at radius 3 is 1.07 bits per heavy atom. The fourth-order valence-corrected chi connectivity index (χ4v) is 0.697. The van der Waals surface area contributed by atoms with Crippen LogP contribution in [0.4, 0.5) is 0 Å². The zero-order valence-corrected chi connectivity index (χ0v) is 7.69. The molecule has 2 aliphatic rings. The van der Waals surface area contributed by atoms with E-state index in [0.29, 0.717) is 25.7 Å². The molecule has 14 heavy (non-hydrogen) atoms. The Kier molecular flexibility index (Phi) is 2.51. The van der Waals surface area contributed by atoms with Crippen LogP contribution >= 0.6 is 0 Å². The highest BCUT2D eigenvalue weighted by molar-refractivity contribution is 5.82. The molecule has 0 aromatic rings. The van der Waals surface area contributed by atoms with Crippen molar-refractivity contribution in [2.45, 2.75) is 36.8 Å². The molecule has 2 saturated carbocycles. The largest absolute Gasteiger partial charge is 0.480 e. The zero-order chi connectivity index (χ0) is 11.0. The van der Waals surface area contributed by atoms with Gasteiger partial charge in [0.25, 0.3) is 0 Å². The molecule has 2 aliphatic carbocycles. The maximum Gasteiger partial charge on any atom is 0.323 e. The van der Waals surface area contributed by atoms with Gasteiger partial charge in [-0.2, -0.15) is 0 Å².